The molecule has 0 N–H and O–H groups in total. The molecule has 0 fully saturated rings. The summed E-state index contributed by atoms with van der Waals surface area (Å²) in [5.41, 5.74) is 4.57. The molecule has 3 rings (SSSR count). The molecule has 0 radical (unpaired) electrons. The molecule has 2 heterocycles. The van der Waals surface area contributed by atoms with Crippen LogP contribution < -0.4 is 0 Å². The summed E-state index contributed by atoms with van der Waals surface area (Å²) in [6.07, 6.45) is 3.02. The Kier molecular flexibility index (Phi) is 6.26. The first kappa shape index (κ1) is 19.8. The molecular formula is C23H23NO3S. The molecule has 0 bridgehead atoms. The van der Waals surface area contributed by atoms with Gasteiger partial charge in [-0.05, 0) is 49.9 Å². The molecule has 0 saturated carbocycles. The Morgan fingerprint density at radius 1 is 1.11 bits per heavy atom. The Morgan fingerprint density at radius 3 is 2.54 bits per heavy atom. The first-order chi connectivity index (χ1) is 13.4. The molecule has 4 nitrogen and oxygen atoms in total. The number of carbonyl (C=O) groups is 2. The van der Waals surface area contributed by atoms with Crippen LogP contribution in [-0.2, 0) is 16.1 Å². The van der Waals surface area contributed by atoms with Gasteiger partial charge in [-0.25, -0.2) is 4.79 Å². The van der Waals surface area contributed by atoms with Crippen molar-refractivity contribution in [3.05, 3.63) is 86.9 Å². The van der Waals surface area contributed by atoms with Crippen LogP contribution in [-0.4, -0.2) is 22.9 Å². The summed E-state index contributed by atoms with van der Waals surface area (Å²) in [5, 5.41) is 2.04. The quantitative estimate of drug-likeness (QED) is 0.324. The summed E-state index contributed by atoms with van der Waals surface area (Å²) in [4.78, 5) is 25.7. The highest BCUT2D eigenvalue weighted by Gasteiger charge is 2.17. The number of thiophene rings is 1. The molecule has 0 saturated heterocycles. The third-order valence-corrected chi connectivity index (χ3v) is 5.46. The maximum Gasteiger partial charge on any atom is 0.331 e. The van der Waals surface area contributed by atoms with Gasteiger partial charge in [0, 0.05) is 27.9 Å². The molecule has 1 aromatic carbocycles. The highest BCUT2D eigenvalue weighted by atomic mass is 32.1. The van der Waals surface area contributed by atoms with Crippen LogP contribution in [0.5, 0.6) is 0 Å². The normalized spacial score (nSPS) is 11.1. The molecule has 0 amide bonds. The second-order valence-electron chi connectivity index (χ2n) is 6.73. The van der Waals surface area contributed by atoms with Crippen molar-refractivity contribution in [1.82, 2.24) is 4.57 Å². The molecule has 0 atom stereocenters. The maximum absolute atomic E-state index is 12.5. The fourth-order valence-corrected chi connectivity index (χ4v) is 3.68. The number of ketones is 1. The van der Waals surface area contributed by atoms with Crippen LogP contribution in [0.3, 0.4) is 0 Å². The van der Waals surface area contributed by atoms with E-state index in [9.17, 15) is 9.59 Å². The second-order valence-corrected chi connectivity index (χ2v) is 7.76. The number of aromatic nitrogens is 1. The van der Waals surface area contributed by atoms with Crippen molar-refractivity contribution in [1.29, 1.82) is 0 Å². The first-order valence-electron chi connectivity index (χ1n) is 9.08. The van der Waals surface area contributed by atoms with Crippen molar-refractivity contribution in [3.63, 3.8) is 0 Å². The Labute approximate surface area is 169 Å². The van der Waals surface area contributed by atoms with E-state index in [0.717, 1.165) is 29.1 Å². The minimum atomic E-state index is -0.527. The smallest absolute Gasteiger partial charge is 0.331 e. The van der Waals surface area contributed by atoms with Crippen molar-refractivity contribution >= 4 is 29.2 Å². The lowest BCUT2D eigenvalue weighted by atomic mass is 10.1. The second kappa shape index (κ2) is 8.85. The lowest BCUT2D eigenvalue weighted by Gasteiger charge is -2.08. The largest absolute Gasteiger partial charge is 0.454 e. The average Bonchev–Trinajstić information content (AvgIpc) is 3.29. The van der Waals surface area contributed by atoms with E-state index in [1.165, 1.54) is 11.0 Å². The topological polar surface area (TPSA) is 48.3 Å². The van der Waals surface area contributed by atoms with Crippen molar-refractivity contribution in [2.45, 2.75) is 27.3 Å². The Balaban J connectivity index is 1.60. The third kappa shape index (κ3) is 4.87. The number of Topliss-reactive ketones (excluding diaryl/α,β-unsaturated/α-hetero) is 1. The predicted octanol–water partition coefficient (Wildman–Crippen LogP) is 4.96. The predicted molar refractivity (Wildman–Crippen MR) is 113 cm³/mol. The third-order valence-electron chi connectivity index (χ3n) is 4.60. The van der Waals surface area contributed by atoms with Crippen molar-refractivity contribution < 1.29 is 14.3 Å². The fourth-order valence-electron chi connectivity index (χ4n) is 2.99. The van der Waals surface area contributed by atoms with Crippen molar-refractivity contribution in [3.8, 4) is 0 Å². The standard InChI is InChI=1S/C23H23NO3S/c1-16-6-8-19(9-7-16)10-11-23(26)27-15-22(25)21-13-17(2)24(18(21)3)14-20-5-4-12-28-20/h4-13H,14-15H2,1-3H3/b11-10+. The number of aryl methyl sites for hydroxylation is 2. The van der Waals surface area contributed by atoms with E-state index < -0.39 is 5.97 Å². The van der Waals surface area contributed by atoms with Gasteiger partial charge in [0.15, 0.2) is 6.61 Å². The highest BCUT2D eigenvalue weighted by Crippen LogP contribution is 2.20. The van der Waals surface area contributed by atoms with Gasteiger partial charge in [-0.15, -0.1) is 11.3 Å². The molecule has 28 heavy (non-hydrogen) atoms. The molecule has 144 valence electrons. The van der Waals surface area contributed by atoms with Gasteiger partial charge in [-0.3, -0.25) is 4.79 Å². The zero-order valence-corrected chi connectivity index (χ0v) is 17.1. The van der Waals surface area contributed by atoms with Crippen LogP contribution in [0, 0.1) is 20.8 Å². The van der Waals surface area contributed by atoms with Gasteiger partial charge >= 0.3 is 5.97 Å². The van der Waals surface area contributed by atoms with E-state index >= 15 is 0 Å². The van der Waals surface area contributed by atoms with Gasteiger partial charge in [0.05, 0.1) is 6.54 Å². The lowest BCUT2D eigenvalue weighted by Crippen LogP contribution is -2.13. The SMILES string of the molecule is Cc1ccc(/C=C/C(=O)OCC(=O)c2cc(C)n(Cc3cccs3)c2C)cc1. The monoisotopic (exact) mass is 393 g/mol. The molecule has 5 heteroatoms. The molecule has 0 aliphatic rings. The lowest BCUT2D eigenvalue weighted by molar-refractivity contribution is -0.136. The van der Waals surface area contributed by atoms with Crippen molar-refractivity contribution in [2.24, 2.45) is 0 Å². The number of carbonyl (C=O) groups excluding carboxylic acids is 2. The Morgan fingerprint density at radius 2 is 1.86 bits per heavy atom. The van der Waals surface area contributed by atoms with E-state index in [4.69, 9.17) is 4.74 Å². The Hall–Kier alpha value is -2.92. The number of rotatable bonds is 7. The first-order valence-corrected chi connectivity index (χ1v) is 9.96. The van der Waals surface area contributed by atoms with Crippen LogP contribution in [0.4, 0.5) is 0 Å². The van der Waals surface area contributed by atoms with Crippen LogP contribution in [0.2, 0.25) is 0 Å². The van der Waals surface area contributed by atoms with Gasteiger partial charge in [0.1, 0.15) is 0 Å². The van der Waals surface area contributed by atoms with Gasteiger partial charge in [-0.1, -0.05) is 35.9 Å². The fraction of sp³-hybridized carbons (Fsp3) is 0.217. The number of nitrogens with zero attached hydrogens (tertiary/aromatic N) is 1. The van der Waals surface area contributed by atoms with Crippen molar-refractivity contribution in [2.75, 3.05) is 6.61 Å². The van der Waals surface area contributed by atoms with Crippen LogP contribution in [0.15, 0.2) is 53.9 Å². The summed E-state index contributed by atoms with van der Waals surface area (Å²) < 4.78 is 7.24. The zero-order chi connectivity index (χ0) is 20.1. The molecule has 0 aliphatic carbocycles. The van der Waals surface area contributed by atoms with Gasteiger partial charge in [-0.2, -0.15) is 0 Å². The van der Waals surface area contributed by atoms with E-state index in [1.807, 2.05) is 62.5 Å². The van der Waals surface area contributed by atoms with Gasteiger partial charge < -0.3 is 9.30 Å². The summed E-state index contributed by atoms with van der Waals surface area (Å²) in [5.74, 6) is -0.719. The minimum Gasteiger partial charge on any atom is -0.454 e. The molecule has 0 spiro atoms. The number of ether oxygens (including phenoxy) is 1. The van der Waals surface area contributed by atoms with Crippen LogP contribution in [0.25, 0.3) is 6.08 Å². The summed E-state index contributed by atoms with van der Waals surface area (Å²) in [6.45, 7) is 6.38. The van der Waals surface area contributed by atoms with E-state index in [0.29, 0.717) is 5.56 Å². The number of hydrogen-bond acceptors (Lipinski definition) is 4. The van der Waals surface area contributed by atoms with E-state index in [2.05, 4.69) is 10.6 Å². The molecule has 2 aromatic heterocycles. The van der Waals surface area contributed by atoms with E-state index in [-0.39, 0.29) is 12.4 Å². The number of esters is 1. The highest BCUT2D eigenvalue weighted by molar-refractivity contribution is 7.09. The maximum atomic E-state index is 12.5. The summed E-state index contributed by atoms with van der Waals surface area (Å²) >= 11 is 1.69. The minimum absolute atomic E-state index is 0.192. The van der Waals surface area contributed by atoms with E-state index in [1.54, 1.807) is 17.4 Å². The number of benzene rings is 1. The summed E-state index contributed by atoms with van der Waals surface area (Å²) in [7, 11) is 0. The number of hydrogen-bond donors (Lipinski definition) is 0. The van der Waals surface area contributed by atoms with Gasteiger partial charge in [0.25, 0.3) is 0 Å². The molecule has 0 unspecified atom stereocenters. The van der Waals surface area contributed by atoms with Gasteiger partial charge in [0.2, 0.25) is 5.78 Å². The van der Waals surface area contributed by atoms with Crippen LogP contribution in [0.1, 0.15) is 37.7 Å². The average molecular weight is 394 g/mol. The van der Waals surface area contributed by atoms with Crippen LogP contribution >= 0.6 is 11.3 Å². The molecule has 3 aromatic rings. The Bertz CT molecular complexity index is 995. The molecular weight excluding hydrogens is 370 g/mol. The molecule has 0 aliphatic heterocycles. The zero-order valence-electron chi connectivity index (χ0n) is 16.3. The summed E-state index contributed by atoms with van der Waals surface area (Å²) in [6, 6.07) is 13.7.